The van der Waals surface area contributed by atoms with Crippen molar-refractivity contribution in [3.63, 3.8) is 0 Å². The van der Waals surface area contributed by atoms with Crippen molar-refractivity contribution in [2.45, 2.75) is 0 Å². The highest BCUT2D eigenvalue weighted by Crippen LogP contribution is 2.34. The van der Waals surface area contributed by atoms with Crippen LogP contribution in [0.15, 0.2) is 51.7 Å². The summed E-state index contributed by atoms with van der Waals surface area (Å²) in [6.45, 7) is 0. The average molecular weight is 284 g/mol. The largest absolute Gasteiger partial charge is 0.504 e. The van der Waals surface area contributed by atoms with Crippen LogP contribution in [-0.4, -0.2) is 17.3 Å². The molecule has 0 aliphatic carbocycles. The van der Waals surface area contributed by atoms with Gasteiger partial charge in [-0.25, -0.2) is 0 Å². The Bertz CT molecular complexity index is 865. The fourth-order valence-electron chi connectivity index (χ4n) is 2.15. The summed E-state index contributed by atoms with van der Waals surface area (Å²) in [5.74, 6) is -0.404. The smallest absolute Gasteiger partial charge is 0.235 e. The minimum absolute atomic E-state index is 0.0673. The third-order valence-electron chi connectivity index (χ3n) is 3.20. The van der Waals surface area contributed by atoms with E-state index in [1.807, 2.05) is 6.07 Å². The van der Waals surface area contributed by atoms with E-state index in [1.54, 1.807) is 24.3 Å². The molecule has 0 atom stereocenters. The van der Waals surface area contributed by atoms with Gasteiger partial charge in [0.1, 0.15) is 5.58 Å². The van der Waals surface area contributed by atoms with Gasteiger partial charge in [-0.15, -0.1) is 0 Å². The van der Waals surface area contributed by atoms with Gasteiger partial charge in [0.05, 0.1) is 12.5 Å². The molecule has 1 heterocycles. The van der Waals surface area contributed by atoms with Crippen LogP contribution in [0, 0.1) is 0 Å². The van der Waals surface area contributed by atoms with Crippen molar-refractivity contribution >= 4 is 11.0 Å². The molecule has 5 heteroatoms. The van der Waals surface area contributed by atoms with Crippen molar-refractivity contribution in [3.05, 3.63) is 52.7 Å². The third kappa shape index (κ3) is 2.08. The summed E-state index contributed by atoms with van der Waals surface area (Å²) in [5, 5.41) is 20.0. The van der Waals surface area contributed by atoms with Gasteiger partial charge >= 0.3 is 0 Å². The molecule has 2 aromatic carbocycles. The number of methoxy groups -OCH3 is 1. The van der Waals surface area contributed by atoms with Gasteiger partial charge in [0, 0.05) is 11.6 Å². The lowest BCUT2D eigenvalue weighted by molar-refractivity contribution is 0.373. The maximum atomic E-state index is 12.3. The third-order valence-corrected chi connectivity index (χ3v) is 3.20. The summed E-state index contributed by atoms with van der Waals surface area (Å²) in [6, 6.07) is 11.4. The molecule has 5 nitrogen and oxygen atoms in total. The first-order valence-corrected chi connectivity index (χ1v) is 6.24. The zero-order valence-electron chi connectivity index (χ0n) is 11.2. The molecule has 106 valence electrons. The maximum absolute atomic E-state index is 12.3. The number of rotatable bonds is 2. The van der Waals surface area contributed by atoms with Gasteiger partial charge in [-0.1, -0.05) is 30.3 Å². The van der Waals surface area contributed by atoms with Crippen molar-refractivity contribution < 1.29 is 19.4 Å². The van der Waals surface area contributed by atoms with Gasteiger partial charge in [-0.2, -0.15) is 0 Å². The topological polar surface area (TPSA) is 79.9 Å². The molecule has 0 fully saturated rings. The average Bonchev–Trinajstić information content (AvgIpc) is 2.51. The van der Waals surface area contributed by atoms with Crippen LogP contribution in [0.1, 0.15) is 0 Å². The summed E-state index contributed by atoms with van der Waals surface area (Å²) >= 11 is 0. The lowest BCUT2D eigenvalue weighted by Crippen LogP contribution is -2.03. The quantitative estimate of drug-likeness (QED) is 0.756. The molecule has 3 aromatic rings. The second kappa shape index (κ2) is 4.86. The Kier molecular flexibility index (Phi) is 3.02. The van der Waals surface area contributed by atoms with Crippen LogP contribution < -0.4 is 10.2 Å². The Morgan fingerprint density at radius 1 is 1.10 bits per heavy atom. The number of fused-ring (bicyclic) bond motifs is 1. The molecule has 0 bridgehead atoms. The molecule has 0 unspecified atom stereocenters. The molecule has 0 aliphatic heterocycles. The van der Waals surface area contributed by atoms with Crippen molar-refractivity contribution in [3.8, 4) is 28.6 Å². The highest BCUT2D eigenvalue weighted by molar-refractivity contribution is 5.84. The van der Waals surface area contributed by atoms with E-state index >= 15 is 0 Å². The monoisotopic (exact) mass is 284 g/mol. The fourth-order valence-corrected chi connectivity index (χ4v) is 2.15. The SMILES string of the molecule is COc1cc2c(=O)c(O)c(-c3ccccc3)oc2cc1O. The number of hydrogen-bond acceptors (Lipinski definition) is 5. The predicted octanol–water partition coefficient (Wildman–Crippen LogP) is 2.88. The molecule has 0 radical (unpaired) electrons. The van der Waals surface area contributed by atoms with Crippen molar-refractivity contribution in [2.75, 3.05) is 7.11 Å². The van der Waals surface area contributed by atoms with Crippen LogP contribution in [0.25, 0.3) is 22.3 Å². The van der Waals surface area contributed by atoms with Crippen LogP contribution in [-0.2, 0) is 0 Å². The number of aromatic hydroxyl groups is 2. The van der Waals surface area contributed by atoms with Crippen LogP contribution in [0.5, 0.6) is 17.2 Å². The summed E-state index contributed by atoms with van der Waals surface area (Å²) in [7, 11) is 1.38. The minimum Gasteiger partial charge on any atom is -0.504 e. The fraction of sp³-hybridized carbons (Fsp3) is 0.0625. The molecule has 21 heavy (non-hydrogen) atoms. The first-order chi connectivity index (χ1) is 10.1. The molecule has 0 saturated carbocycles. The zero-order chi connectivity index (χ0) is 15.0. The van der Waals surface area contributed by atoms with Crippen LogP contribution >= 0.6 is 0 Å². The lowest BCUT2D eigenvalue weighted by Gasteiger charge is -2.08. The van der Waals surface area contributed by atoms with E-state index in [-0.39, 0.29) is 28.2 Å². The number of phenols is 1. The van der Waals surface area contributed by atoms with Gasteiger partial charge in [-0.05, 0) is 6.07 Å². The van der Waals surface area contributed by atoms with E-state index in [4.69, 9.17) is 9.15 Å². The van der Waals surface area contributed by atoms with Crippen molar-refractivity contribution in [1.82, 2.24) is 0 Å². The predicted molar refractivity (Wildman–Crippen MR) is 77.8 cm³/mol. The van der Waals surface area contributed by atoms with Crippen LogP contribution in [0.2, 0.25) is 0 Å². The molecule has 1 aromatic heterocycles. The number of hydrogen-bond donors (Lipinski definition) is 2. The van der Waals surface area contributed by atoms with E-state index in [0.29, 0.717) is 5.56 Å². The van der Waals surface area contributed by atoms with Gasteiger partial charge < -0.3 is 19.4 Å². The molecule has 3 rings (SSSR count). The molecule has 0 amide bonds. The van der Waals surface area contributed by atoms with Crippen LogP contribution in [0.3, 0.4) is 0 Å². The maximum Gasteiger partial charge on any atom is 0.235 e. The Labute approximate surface area is 119 Å². The van der Waals surface area contributed by atoms with Gasteiger partial charge in [0.15, 0.2) is 17.3 Å². The number of ether oxygens (including phenoxy) is 1. The number of benzene rings is 2. The molecule has 0 aliphatic rings. The summed E-state index contributed by atoms with van der Waals surface area (Å²) in [5.41, 5.74) is 0.174. The molecular weight excluding hydrogens is 272 g/mol. The summed E-state index contributed by atoms with van der Waals surface area (Å²) < 4.78 is 10.5. The van der Waals surface area contributed by atoms with Crippen molar-refractivity contribution in [1.29, 1.82) is 0 Å². The Balaban J connectivity index is 2.35. The molecule has 2 N–H and O–H groups in total. The Morgan fingerprint density at radius 3 is 2.48 bits per heavy atom. The lowest BCUT2D eigenvalue weighted by atomic mass is 10.1. The Hall–Kier alpha value is -2.95. The van der Waals surface area contributed by atoms with E-state index in [9.17, 15) is 15.0 Å². The van der Waals surface area contributed by atoms with E-state index < -0.39 is 11.2 Å². The van der Waals surface area contributed by atoms with Crippen LogP contribution in [0.4, 0.5) is 0 Å². The Morgan fingerprint density at radius 2 is 1.81 bits per heavy atom. The normalized spacial score (nSPS) is 10.7. The molecular formula is C16H12O5. The number of phenolic OH excluding ortho intramolecular Hbond substituents is 1. The van der Waals surface area contributed by atoms with E-state index in [1.165, 1.54) is 19.2 Å². The highest BCUT2D eigenvalue weighted by atomic mass is 16.5. The minimum atomic E-state index is -0.576. The van der Waals surface area contributed by atoms with Crippen molar-refractivity contribution in [2.24, 2.45) is 0 Å². The van der Waals surface area contributed by atoms with Gasteiger partial charge in [0.25, 0.3) is 0 Å². The first-order valence-electron chi connectivity index (χ1n) is 6.24. The first kappa shape index (κ1) is 13.1. The second-order valence-corrected chi connectivity index (χ2v) is 4.50. The van der Waals surface area contributed by atoms with E-state index in [2.05, 4.69) is 0 Å². The highest BCUT2D eigenvalue weighted by Gasteiger charge is 2.17. The molecule has 0 saturated heterocycles. The summed E-state index contributed by atoms with van der Waals surface area (Å²) in [4.78, 5) is 12.3. The second-order valence-electron chi connectivity index (χ2n) is 4.50. The summed E-state index contributed by atoms with van der Waals surface area (Å²) in [6.07, 6.45) is 0. The zero-order valence-corrected chi connectivity index (χ0v) is 11.2. The van der Waals surface area contributed by atoms with E-state index in [0.717, 1.165) is 0 Å². The molecule has 0 spiro atoms. The van der Waals surface area contributed by atoms with Gasteiger partial charge in [0.2, 0.25) is 11.2 Å². The van der Waals surface area contributed by atoms with Gasteiger partial charge in [-0.3, -0.25) is 4.79 Å². The standard InChI is InChI=1S/C16H12O5/c1-20-13-7-10-12(8-11(13)17)21-16(15(19)14(10)18)9-5-3-2-4-6-9/h2-8,17,19H,1H3.